The van der Waals surface area contributed by atoms with Gasteiger partial charge >= 0.3 is 0 Å². The van der Waals surface area contributed by atoms with Crippen molar-refractivity contribution in [3.05, 3.63) is 29.8 Å². The molecule has 0 saturated heterocycles. The Morgan fingerprint density at radius 1 is 1.32 bits per heavy atom. The molecule has 0 saturated carbocycles. The number of hydrogen-bond donors (Lipinski definition) is 3. The average Bonchev–Trinajstić information content (AvgIpc) is 2.47. The van der Waals surface area contributed by atoms with E-state index in [2.05, 4.69) is 10.0 Å². The molecule has 2 atom stereocenters. The van der Waals surface area contributed by atoms with Crippen LogP contribution in [0.1, 0.15) is 18.5 Å². The maximum absolute atomic E-state index is 11.8. The van der Waals surface area contributed by atoms with E-state index in [9.17, 15) is 13.2 Å². The number of carbonyl (C=O) groups is 1. The van der Waals surface area contributed by atoms with Crippen molar-refractivity contribution in [2.75, 3.05) is 20.8 Å². The molecule has 0 heterocycles. The van der Waals surface area contributed by atoms with Gasteiger partial charge in [-0.3, -0.25) is 4.79 Å². The highest BCUT2D eigenvalue weighted by molar-refractivity contribution is 7.89. The summed E-state index contributed by atoms with van der Waals surface area (Å²) < 4.78 is 30.3. The van der Waals surface area contributed by atoms with Crippen molar-refractivity contribution in [2.45, 2.75) is 23.9 Å². The van der Waals surface area contributed by atoms with Gasteiger partial charge in [-0.1, -0.05) is 12.1 Å². The minimum absolute atomic E-state index is 0. The molecular formula is C13H22ClN3O4S. The molecule has 9 heteroatoms. The molecule has 0 spiro atoms. The smallest absolute Gasteiger partial charge is 0.240 e. The Labute approximate surface area is 137 Å². The molecule has 0 aromatic heterocycles. The van der Waals surface area contributed by atoms with Crippen LogP contribution >= 0.6 is 12.4 Å². The molecule has 22 heavy (non-hydrogen) atoms. The number of hydrogen-bond acceptors (Lipinski definition) is 5. The zero-order chi connectivity index (χ0) is 16.0. The van der Waals surface area contributed by atoms with Gasteiger partial charge in [0.2, 0.25) is 15.9 Å². The summed E-state index contributed by atoms with van der Waals surface area (Å²) in [5.41, 5.74) is 6.41. The Kier molecular flexibility index (Phi) is 8.57. The molecule has 0 aliphatic rings. The third-order valence-electron chi connectivity index (χ3n) is 3.00. The van der Waals surface area contributed by atoms with Crippen molar-refractivity contribution < 1.29 is 17.9 Å². The van der Waals surface area contributed by atoms with Gasteiger partial charge in [0.25, 0.3) is 0 Å². The molecule has 2 unspecified atom stereocenters. The summed E-state index contributed by atoms with van der Waals surface area (Å²) in [4.78, 5) is 11.9. The van der Waals surface area contributed by atoms with Crippen molar-refractivity contribution in [1.82, 2.24) is 10.0 Å². The molecule has 1 amide bonds. The summed E-state index contributed by atoms with van der Waals surface area (Å²) in [5.74, 6) is -0.323. The molecule has 1 rings (SSSR count). The van der Waals surface area contributed by atoms with Crippen LogP contribution in [-0.2, 0) is 19.6 Å². The van der Waals surface area contributed by atoms with Gasteiger partial charge in [0.05, 0.1) is 17.5 Å². The Morgan fingerprint density at radius 2 is 1.86 bits per heavy atom. The normalized spacial score (nSPS) is 13.8. The van der Waals surface area contributed by atoms with Gasteiger partial charge in [-0.25, -0.2) is 13.1 Å². The quantitative estimate of drug-likeness (QED) is 0.648. The fraction of sp³-hybridized carbons (Fsp3) is 0.462. The van der Waals surface area contributed by atoms with Crippen molar-refractivity contribution in [1.29, 1.82) is 0 Å². The summed E-state index contributed by atoms with van der Waals surface area (Å²) in [5, 5.41) is 2.74. The molecule has 0 radical (unpaired) electrons. The van der Waals surface area contributed by atoms with E-state index in [0.717, 1.165) is 5.56 Å². The fourth-order valence-corrected chi connectivity index (χ4v) is 2.44. The van der Waals surface area contributed by atoms with Gasteiger partial charge < -0.3 is 15.8 Å². The van der Waals surface area contributed by atoms with Gasteiger partial charge in [-0.05, 0) is 31.7 Å². The van der Waals surface area contributed by atoms with Crippen LogP contribution in [0.2, 0.25) is 0 Å². The summed E-state index contributed by atoms with van der Waals surface area (Å²) in [6, 6.07) is 5.25. The molecule has 4 N–H and O–H groups in total. The predicted octanol–water partition coefficient (Wildman–Crippen LogP) is 0.167. The second-order valence-electron chi connectivity index (χ2n) is 4.57. The molecule has 126 valence electrons. The van der Waals surface area contributed by atoms with E-state index in [1.54, 1.807) is 19.1 Å². The molecule has 0 bridgehead atoms. The maximum atomic E-state index is 11.8. The van der Waals surface area contributed by atoms with E-state index in [4.69, 9.17) is 10.5 Å². The first-order chi connectivity index (χ1) is 9.81. The number of nitrogens with two attached hydrogens (primary N) is 1. The van der Waals surface area contributed by atoms with Gasteiger partial charge in [-0.2, -0.15) is 0 Å². The first-order valence-electron chi connectivity index (χ1n) is 6.40. The Balaban J connectivity index is 0.00000441. The van der Waals surface area contributed by atoms with Gasteiger partial charge in [0, 0.05) is 7.11 Å². The molecule has 0 aliphatic carbocycles. The number of rotatable bonds is 7. The number of ether oxygens (including phenoxy) is 1. The third-order valence-corrected chi connectivity index (χ3v) is 4.43. The summed E-state index contributed by atoms with van der Waals surface area (Å²) in [6.45, 7) is 1.93. The van der Waals surface area contributed by atoms with Crippen molar-refractivity contribution in [3.63, 3.8) is 0 Å². The summed E-state index contributed by atoms with van der Waals surface area (Å²) in [7, 11) is -0.638. The van der Waals surface area contributed by atoms with E-state index < -0.39 is 16.1 Å². The number of nitrogens with one attached hydrogen (secondary N) is 2. The first-order valence-corrected chi connectivity index (χ1v) is 7.88. The Hall–Kier alpha value is -1.19. The number of benzene rings is 1. The highest BCUT2D eigenvalue weighted by Gasteiger charge is 2.17. The fourth-order valence-electron chi connectivity index (χ4n) is 1.71. The maximum Gasteiger partial charge on any atom is 0.240 e. The number of methoxy groups -OCH3 is 1. The van der Waals surface area contributed by atoms with Crippen molar-refractivity contribution >= 4 is 28.3 Å². The largest absolute Gasteiger partial charge is 0.383 e. The van der Waals surface area contributed by atoms with Gasteiger partial charge in [-0.15, -0.1) is 12.4 Å². The lowest BCUT2D eigenvalue weighted by Gasteiger charge is -2.17. The SMILES string of the molecule is CNS(=O)(=O)c1ccc(C(C)NC(=O)C(N)COC)cc1.Cl. The van der Waals surface area contributed by atoms with Crippen LogP contribution in [0, 0.1) is 0 Å². The van der Waals surface area contributed by atoms with Crippen LogP contribution in [0.25, 0.3) is 0 Å². The van der Waals surface area contributed by atoms with Crippen LogP contribution in [0.3, 0.4) is 0 Å². The molecule has 0 aliphatic heterocycles. The van der Waals surface area contributed by atoms with Crippen LogP contribution in [0.4, 0.5) is 0 Å². The molecule has 1 aromatic carbocycles. The highest BCUT2D eigenvalue weighted by Crippen LogP contribution is 2.16. The van der Waals surface area contributed by atoms with Crippen LogP contribution in [0.5, 0.6) is 0 Å². The minimum Gasteiger partial charge on any atom is -0.383 e. The number of halogens is 1. The van der Waals surface area contributed by atoms with E-state index >= 15 is 0 Å². The standard InChI is InChI=1S/C13H21N3O4S.ClH/c1-9(16-13(17)12(14)8-20-3)10-4-6-11(7-5-10)21(18,19)15-2;/h4-7,9,12,15H,8,14H2,1-3H3,(H,16,17);1H. The van der Waals surface area contributed by atoms with Gasteiger partial charge in [0.1, 0.15) is 6.04 Å². The number of sulfonamides is 1. The van der Waals surface area contributed by atoms with Crippen LogP contribution < -0.4 is 15.8 Å². The average molecular weight is 352 g/mol. The zero-order valence-corrected chi connectivity index (χ0v) is 14.3. The first kappa shape index (κ1) is 20.8. The Bertz CT molecular complexity index is 577. The monoisotopic (exact) mass is 351 g/mol. The number of amides is 1. The number of carbonyl (C=O) groups excluding carboxylic acids is 1. The molecular weight excluding hydrogens is 330 g/mol. The highest BCUT2D eigenvalue weighted by atomic mass is 35.5. The Morgan fingerprint density at radius 3 is 2.32 bits per heavy atom. The molecule has 0 fully saturated rings. The van der Waals surface area contributed by atoms with Crippen molar-refractivity contribution in [3.8, 4) is 0 Å². The van der Waals surface area contributed by atoms with Crippen molar-refractivity contribution in [2.24, 2.45) is 5.73 Å². The topological polar surface area (TPSA) is 111 Å². The third kappa shape index (κ3) is 5.54. The summed E-state index contributed by atoms with van der Waals surface area (Å²) in [6.07, 6.45) is 0. The van der Waals surface area contributed by atoms with E-state index in [-0.39, 0.29) is 35.9 Å². The van der Waals surface area contributed by atoms with Gasteiger partial charge in [0.15, 0.2) is 0 Å². The van der Waals surface area contributed by atoms with Crippen LogP contribution in [0.15, 0.2) is 29.2 Å². The second-order valence-corrected chi connectivity index (χ2v) is 6.46. The molecule has 1 aromatic rings. The lowest BCUT2D eigenvalue weighted by molar-refractivity contribution is -0.124. The van der Waals surface area contributed by atoms with E-state index in [0.29, 0.717) is 0 Å². The minimum atomic E-state index is -3.46. The predicted molar refractivity (Wildman–Crippen MR) is 86.3 cm³/mol. The zero-order valence-electron chi connectivity index (χ0n) is 12.7. The van der Waals surface area contributed by atoms with E-state index in [1.807, 2.05) is 0 Å². The van der Waals surface area contributed by atoms with Crippen LogP contribution in [-0.4, -0.2) is 41.1 Å². The lowest BCUT2D eigenvalue weighted by Crippen LogP contribution is -2.44. The summed E-state index contributed by atoms with van der Waals surface area (Å²) >= 11 is 0. The van der Waals surface area contributed by atoms with E-state index in [1.165, 1.54) is 26.3 Å². The lowest BCUT2D eigenvalue weighted by atomic mass is 10.1. The second kappa shape index (κ2) is 9.06. The molecule has 7 nitrogen and oxygen atoms in total.